The van der Waals surface area contributed by atoms with Gasteiger partial charge in [0.2, 0.25) is 5.91 Å². The van der Waals surface area contributed by atoms with Gasteiger partial charge in [0.05, 0.1) is 4.92 Å². The summed E-state index contributed by atoms with van der Waals surface area (Å²) in [6, 6.07) is 4.10. The molecule has 0 fully saturated rings. The molecule has 8 heteroatoms. The molecule has 2 amide bonds. The summed E-state index contributed by atoms with van der Waals surface area (Å²) in [7, 11) is 0. The molecule has 0 aliphatic heterocycles. The van der Waals surface area contributed by atoms with Crippen LogP contribution in [0.15, 0.2) is 18.2 Å². The fourth-order valence-corrected chi connectivity index (χ4v) is 1.80. The third kappa shape index (κ3) is 4.20. The molecular weight excluding hydrogens is 286 g/mol. The zero-order chi connectivity index (χ0) is 15.1. The highest BCUT2D eigenvalue weighted by molar-refractivity contribution is 6.33. The summed E-state index contributed by atoms with van der Waals surface area (Å²) in [5.41, 5.74) is -0.567. The molecule has 0 heterocycles. The van der Waals surface area contributed by atoms with Crippen LogP contribution in [0.1, 0.15) is 23.7 Å². The van der Waals surface area contributed by atoms with Gasteiger partial charge in [-0.1, -0.05) is 17.7 Å². The largest absolute Gasteiger partial charge is 0.356 e. The molecule has 7 nitrogen and oxygen atoms in total. The molecule has 2 N–H and O–H groups in total. The summed E-state index contributed by atoms with van der Waals surface area (Å²) in [5, 5.41) is 15.8. The number of amides is 2. The predicted octanol–water partition coefficient (Wildman–Crippen LogP) is 1.50. The monoisotopic (exact) mass is 299 g/mol. The summed E-state index contributed by atoms with van der Waals surface area (Å²) in [6.07, 6.45) is 0.105. The van der Waals surface area contributed by atoms with E-state index in [2.05, 4.69) is 10.6 Å². The maximum absolute atomic E-state index is 11.9. The van der Waals surface area contributed by atoms with E-state index in [-0.39, 0.29) is 29.5 Å². The Bertz CT molecular complexity index is 533. The summed E-state index contributed by atoms with van der Waals surface area (Å²) in [6.45, 7) is 2.38. The number of hydrogen-bond donors (Lipinski definition) is 2. The van der Waals surface area contributed by atoms with Crippen molar-refractivity contribution in [3.63, 3.8) is 0 Å². The van der Waals surface area contributed by atoms with Crippen molar-refractivity contribution in [2.45, 2.75) is 13.3 Å². The first-order valence-electron chi connectivity index (χ1n) is 5.95. The highest BCUT2D eigenvalue weighted by Gasteiger charge is 2.23. The van der Waals surface area contributed by atoms with Gasteiger partial charge in [0.1, 0.15) is 10.6 Å². The Morgan fingerprint density at radius 3 is 2.65 bits per heavy atom. The molecule has 1 aromatic carbocycles. The molecule has 0 spiro atoms. The van der Waals surface area contributed by atoms with E-state index >= 15 is 0 Å². The molecule has 0 unspecified atom stereocenters. The van der Waals surface area contributed by atoms with E-state index in [4.69, 9.17) is 11.6 Å². The SMILES string of the molecule is CCNC(=O)CCNC(=O)c1cccc(Cl)c1[N+](=O)[O-]. The number of carbonyl (C=O) groups is 2. The topological polar surface area (TPSA) is 101 Å². The molecule has 0 aromatic heterocycles. The number of halogens is 1. The van der Waals surface area contributed by atoms with E-state index < -0.39 is 16.5 Å². The van der Waals surface area contributed by atoms with Crippen LogP contribution in [0.2, 0.25) is 5.02 Å². The smallest absolute Gasteiger partial charge is 0.300 e. The van der Waals surface area contributed by atoms with Crippen molar-refractivity contribution < 1.29 is 14.5 Å². The van der Waals surface area contributed by atoms with E-state index in [1.807, 2.05) is 0 Å². The van der Waals surface area contributed by atoms with E-state index in [0.29, 0.717) is 6.54 Å². The third-order valence-electron chi connectivity index (χ3n) is 2.43. The minimum atomic E-state index is -0.707. The second-order valence-electron chi connectivity index (χ2n) is 3.85. The van der Waals surface area contributed by atoms with Gasteiger partial charge in [0.15, 0.2) is 0 Å². The van der Waals surface area contributed by atoms with Gasteiger partial charge in [-0.25, -0.2) is 0 Å². The zero-order valence-electron chi connectivity index (χ0n) is 10.8. The quantitative estimate of drug-likeness (QED) is 0.614. The lowest BCUT2D eigenvalue weighted by Gasteiger charge is -2.06. The maximum atomic E-state index is 11.9. The Labute approximate surface area is 120 Å². The number of nitrogens with zero attached hydrogens (tertiary/aromatic N) is 1. The molecule has 0 saturated heterocycles. The first-order valence-corrected chi connectivity index (χ1v) is 6.33. The molecule has 0 aliphatic carbocycles. The van der Waals surface area contributed by atoms with Crippen LogP contribution in [0, 0.1) is 10.1 Å². The first kappa shape index (κ1) is 15.9. The van der Waals surface area contributed by atoms with Crippen LogP contribution in [-0.4, -0.2) is 29.8 Å². The number of benzene rings is 1. The number of hydrogen-bond acceptors (Lipinski definition) is 4. The molecule has 1 rings (SSSR count). The van der Waals surface area contributed by atoms with Crippen molar-refractivity contribution in [3.05, 3.63) is 38.9 Å². The van der Waals surface area contributed by atoms with Crippen molar-refractivity contribution >= 4 is 29.1 Å². The lowest BCUT2D eigenvalue weighted by Crippen LogP contribution is -2.30. The van der Waals surface area contributed by atoms with Gasteiger partial charge < -0.3 is 10.6 Å². The average Bonchev–Trinajstić information content (AvgIpc) is 2.38. The van der Waals surface area contributed by atoms with Gasteiger partial charge in [-0.05, 0) is 19.1 Å². The summed E-state index contributed by atoms with van der Waals surface area (Å²) in [5.74, 6) is -0.836. The van der Waals surface area contributed by atoms with Crippen molar-refractivity contribution in [2.24, 2.45) is 0 Å². The van der Waals surface area contributed by atoms with E-state index in [1.54, 1.807) is 6.92 Å². The maximum Gasteiger partial charge on any atom is 0.300 e. The fraction of sp³-hybridized carbons (Fsp3) is 0.333. The van der Waals surface area contributed by atoms with Crippen LogP contribution in [0.3, 0.4) is 0 Å². The van der Waals surface area contributed by atoms with Gasteiger partial charge in [0, 0.05) is 19.5 Å². The minimum Gasteiger partial charge on any atom is -0.356 e. The predicted molar refractivity (Wildman–Crippen MR) is 73.7 cm³/mol. The van der Waals surface area contributed by atoms with Gasteiger partial charge in [-0.15, -0.1) is 0 Å². The Kier molecular flexibility index (Phi) is 5.92. The molecule has 20 heavy (non-hydrogen) atoms. The van der Waals surface area contributed by atoms with E-state index in [0.717, 1.165) is 0 Å². The van der Waals surface area contributed by atoms with Crippen molar-refractivity contribution in [3.8, 4) is 0 Å². The normalized spacial score (nSPS) is 9.90. The number of rotatable bonds is 6. The highest BCUT2D eigenvalue weighted by Crippen LogP contribution is 2.27. The molecule has 0 bridgehead atoms. The van der Waals surface area contributed by atoms with Crippen LogP contribution < -0.4 is 10.6 Å². The van der Waals surface area contributed by atoms with Crippen LogP contribution in [0.25, 0.3) is 0 Å². The second kappa shape index (κ2) is 7.44. The number of nitro benzene ring substituents is 1. The average molecular weight is 300 g/mol. The summed E-state index contributed by atoms with van der Waals surface area (Å²) >= 11 is 5.71. The van der Waals surface area contributed by atoms with Gasteiger partial charge in [-0.3, -0.25) is 19.7 Å². The van der Waals surface area contributed by atoms with Crippen molar-refractivity contribution in [1.29, 1.82) is 0 Å². The van der Waals surface area contributed by atoms with Gasteiger partial charge in [-0.2, -0.15) is 0 Å². The lowest BCUT2D eigenvalue weighted by molar-refractivity contribution is -0.385. The number of nitro groups is 1. The molecule has 0 saturated carbocycles. The molecule has 0 radical (unpaired) electrons. The Morgan fingerprint density at radius 2 is 2.05 bits per heavy atom. The summed E-state index contributed by atoms with van der Waals surface area (Å²) < 4.78 is 0. The number of carbonyl (C=O) groups excluding carboxylic acids is 2. The highest BCUT2D eigenvalue weighted by atomic mass is 35.5. The molecule has 0 aliphatic rings. The molecular formula is C12H14ClN3O4. The standard InChI is InChI=1S/C12H14ClN3O4/c1-2-14-10(17)6-7-15-12(18)8-4-3-5-9(13)11(8)16(19)20/h3-5H,2,6-7H2,1H3,(H,14,17)(H,15,18). The Hall–Kier alpha value is -2.15. The summed E-state index contributed by atoms with van der Waals surface area (Å²) in [4.78, 5) is 33.2. The van der Waals surface area contributed by atoms with Crippen LogP contribution in [0.4, 0.5) is 5.69 Å². The number of nitrogens with one attached hydrogen (secondary N) is 2. The molecule has 0 atom stereocenters. The van der Waals surface area contributed by atoms with Crippen molar-refractivity contribution in [1.82, 2.24) is 10.6 Å². The van der Waals surface area contributed by atoms with E-state index in [1.165, 1.54) is 18.2 Å². The van der Waals surface area contributed by atoms with E-state index in [9.17, 15) is 19.7 Å². The van der Waals surface area contributed by atoms with Gasteiger partial charge in [0.25, 0.3) is 5.91 Å². The van der Waals surface area contributed by atoms with Crippen molar-refractivity contribution in [2.75, 3.05) is 13.1 Å². The fourth-order valence-electron chi connectivity index (χ4n) is 1.55. The Morgan fingerprint density at radius 1 is 1.35 bits per heavy atom. The Balaban J connectivity index is 2.71. The second-order valence-corrected chi connectivity index (χ2v) is 4.26. The lowest BCUT2D eigenvalue weighted by atomic mass is 10.1. The zero-order valence-corrected chi connectivity index (χ0v) is 11.6. The first-order chi connectivity index (χ1) is 9.47. The molecule has 1 aromatic rings. The van der Waals surface area contributed by atoms with Crippen LogP contribution in [-0.2, 0) is 4.79 Å². The van der Waals surface area contributed by atoms with Crippen LogP contribution in [0.5, 0.6) is 0 Å². The third-order valence-corrected chi connectivity index (χ3v) is 2.73. The number of para-hydroxylation sites is 1. The minimum absolute atomic E-state index is 0.0916. The van der Waals surface area contributed by atoms with Crippen LogP contribution >= 0.6 is 11.6 Å². The molecule has 108 valence electrons. The van der Waals surface area contributed by atoms with Gasteiger partial charge >= 0.3 is 5.69 Å².